The van der Waals surface area contributed by atoms with E-state index in [1.807, 2.05) is 0 Å². The molecule has 0 aromatic rings. The van der Waals surface area contributed by atoms with E-state index in [9.17, 15) is 0 Å². The van der Waals surface area contributed by atoms with Gasteiger partial charge in [0.05, 0.1) is 0 Å². The molecular formula is C15H33NO2. The minimum Gasteiger partial charge on any atom is -0.396 e. The first-order valence-corrected chi connectivity index (χ1v) is 7.84. The van der Waals surface area contributed by atoms with E-state index in [1.54, 1.807) is 0 Å². The molecule has 0 bridgehead atoms. The van der Waals surface area contributed by atoms with E-state index in [0.717, 1.165) is 25.9 Å². The van der Waals surface area contributed by atoms with Crippen LogP contribution >= 0.6 is 0 Å². The molecular weight excluding hydrogens is 226 g/mol. The maximum absolute atomic E-state index is 8.64. The summed E-state index contributed by atoms with van der Waals surface area (Å²) in [6.07, 6.45) is 13.7. The van der Waals surface area contributed by atoms with Gasteiger partial charge in [-0.2, -0.15) is 0 Å². The van der Waals surface area contributed by atoms with Gasteiger partial charge in [-0.3, -0.25) is 0 Å². The Labute approximate surface area is 113 Å². The molecule has 0 aliphatic rings. The van der Waals surface area contributed by atoms with Gasteiger partial charge in [0.15, 0.2) is 0 Å². The maximum atomic E-state index is 8.64. The Morgan fingerprint density at radius 1 is 0.444 bits per heavy atom. The molecule has 0 aromatic carbocycles. The number of rotatable bonds is 15. The second-order valence-electron chi connectivity index (χ2n) is 5.09. The normalized spacial score (nSPS) is 11.0. The molecule has 0 amide bonds. The van der Waals surface area contributed by atoms with Crippen LogP contribution in [0.15, 0.2) is 0 Å². The fraction of sp³-hybridized carbons (Fsp3) is 1.00. The second kappa shape index (κ2) is 16.9. The van der Waals surface area contributed by atoms with Crippen LogP contribution in [-0.2, 0) is 0 Å². The van der Waals surface area contributed by atoms with Gasteiger partial charge in [0.1, 0.15) is 0 Å². The molecule has 0 radical (unpaired) electrons. The Morgan fingerprint density at radius 3 is 1.33 bits per heavy atom. The second-order valence-corrected chi connectivity index (χ2v) is 5.09. The zero-order valence-corrected chi connectivity index (χ0v) is 12.0. The standard InChI is InChI=1S/C15H33NO2/c17-14-10-8-6-4-2-1-3-5-7-9-12-16-13-11-15-18/h16-18H,1-15H2. The number of aliphatic hydroxyl groups excluding tert-OH is 2. The van der Waals surface area contributed by atoms with Crippen molar-refractivity contribution in [2.24, 2.45) is 0 Å². The molecule has 0 rings (SSSR count). The molecule has 110 valence electrons. The Hall–Kier alpha value is -0.120. The summed E-state index contributed by atoms with van der Waals surface area (Å²) in [6, 6.07) is 0. The van der Waals surface area contributed by atoms with Crippen LogP contribution in [0, 0.1) is 0 Å². The highest BCUT2D eigenvalue weighted by Gasteiger charge is 1.93. The maximum Gasteiger partial charge on any atom is 0.0443 e. The van der Waals surface area contributed by atoms with E-state index in [-0.39, 0.29) is 0 Å². The lowest BCUT2D eigenvalue weighted by Crippen LogP contribution is -2.17. The van der Waals surface area contributed by atoms with Crippen LogP contribution in [0.3, 0.4) is 0 Å². The first-order valence-electron chi connectivity index (χ1n) is 7.84. The summed E-state index contributed by atoms with van der Waals surface area (Å²) in [5.74, 6) is 0. The van der Waals surface area contributed by atoms with Gasteiger partial charge < -0.3 is 15.5 Å². The fourth-order valence-electron chi connectivity index (χ4n) is 2.11. The fourth-order valence-corrected chi connectivity index (χ4v) is 2.11. The summed E-state index contributed by atoms with van der Waals surface area (Å²) in [5, 5.41) is 20.6. The predicted molar refractivity (Wildman–Crippen MR) is 77.8 cm³/mol. The van der Waals surface area contributed by atoms with Gasteiger partial charge >= 0.3 is 0 Å². The van der Waals surface area contributed by atoms with Gasteiger partial charge in [-0.15, -0.1) is 0 Å². The Bertz CT molecular complexity index is 126. The summed E-state index contributed by atoms with van der Waals surface area (Å²) < 4.78 is 0. The van der Waals surface area contributed by atoms with Crippen molar-refractivity contribution in [1.82, 2.24) is 5.32 Å². The van der Waals surface area contributed by atoms with Gasteiger partial charge in [-0.1, -0.05) is 51.4 Å². The van der Waals surface area contributed by atoms with E-state index in [4.69, 9.17) is 10.2 Å². The highest BCUT2D eigenvalue weighted by molar-refractivity contribution is 4.50. The molecule has 0 heterocycles. The lowest BCUT2D eigenvalue weighted by molar-refractivity contribution is 0.282. The minimum atomic E-state index is 0.297. The summed E-state index contributed by atoms with van der Waals surface area (Å²) in [7, 11) is 0. The third kappa shape index (κ3) is 15.9. The summed E-state index contributed by atoms with van der Waals surface area (Å²) in [5.41, 5.74) is 0. The van der Waals surface area contributed by atoms with Crippen molar-refractivity contribution in [3.8, 4) is 0 Å². The van der Waals surface area contributed by atoms with Crippen LogP contribution in [0.4, 0.5) is 0 Å². The van der Waals surface area contributed by atoms with Gasteiger partial charge in [0.2, 0.25) is 0 Å². The van der Waals surface area contributed by atoms with Crippen molar-refractivity contribution in [2.75, 3.05) is 26.3 Å². The van der Waals surface area contributed by atoms with Crippen LogP contribution in [0.5, 0.6) is 0 Å². The first kappa shape index (κ1) is 17.9. The smallest absolute Gasteiger partial charge is 0.0443 e. The third-order valence-corrected chi connectivity index (χ3v) is 3.27. The summed E-state index contributed by atoms with van der Waals surface area (Å²) in [6.45, 7) is 2.70. The largest absolute Gasteiger partial charge is 0.396 e. The Balaban J connectivity index is 2.86. The molecule has 18 heavy (non-hydrogen) atoms. The highest BCUT2D eigenvalue weighted by atomic mass is 16.3. The molecule has 0 aliphatic heterocycles. The van der Waals surface area contributed by atoms with Gasteiger partial charge in [0, 0.05) is 13.2 Å². The van der Waals surface area contributed by atoms with E-state index in [0.29, 0.717) is 13.2 Å². The van der Waals surface area contributed by atoms with Crippen molar-refractivity contribution in [1.29, 1.82) is 0 Å². The molecule has 0 saturated heterocycles. The number of hydrogen-bond acceptors (Lipinski definition) is 3. The van der Waals surface area contributed by atoms with Crippen molar-refractivity contribution >= 4 is 0 Å². The quantitative estimate of drug-likeness (QED) is 0.396. The minimum absolute atomic E-state index is 0.297. The average molecular weight is 259 g/mol. The predicted octanol–water partition coefficient (Wildman–Crippen LogP) is 2.85. The average Bonchev–Trinajstić information content (AvgIpc) is 2.39. The van der Waals surface area contributed by atoms with E-state index < -0.39 is 0 Å². The first-order chi connectivity index (χ1) is 8.91. The van der Waals surface area contributed by atoms with Gasteiger partial charge in [-0.25, -0.2) is 0 Å². The number of aliphatic hydroxyl groups is 2. The molecule has 0 saturated carbocycles. The Morgan fingerprint density at radius 2 is 0.833 bits per heavy atom. The van der Waals surface area contributed by atoms with Crippen LogP contribution in [0.25, 0.3) is 0 Å². The molecule has 3 N–H and O–H groups in total. The molecule has 0 aliphatic carbocycles. The van der Waals surface area contributed by atoms with E-state index in [1.165, 1.54) is 57.8 Å². The molecule has 3 heteroatoms. The van der Waals surface area contributed by atoms with Crippen LogP contribution in [0.2, 0.25) is 0 Å². The zero-order chi connectivity index (χ0) is 13.3. The summed E-state index contributed by atoms with van der Waals surface area (Å²) >= 11 is 0. The third-order valence-electron chi connectivity index (χ3n) is 3.27. The number of hydrogen-bond donors (Lipinski definition) is 3. The SMILES string of the molecule is OCCCCCCCCCCCCNCCCO. The van der Waals surface area contributed by atoms with Crippen molar-refractivity contribution in [3.05, 3.63) is 0 Å². The topological polar surface area (TPSA) is 52.5 Å². The van der Waals surface area contributed by atoms with Crippen LogP contribution < -0.4 is 5.32 Å². The molecule has 0 fully saturated rings. The number of nitrogens with one attached hydrogen (secondary N) is 1. The molecule has 3 nitrogen and oxygen atoms in total. The van der Waals surface area contributed by atoms with Crippen molar-refractivity contribution in [2.45, 2.75) is 70.6 Å². The lowest BCUT2D eigenvalue weighted by atomic mass is 10.1. The molecule has 0 aromatic heterocycles. The van der Waals surface area contributed by atoms with Crippen LogP contribution in [-0.4, -0.2) is 36.5 Å². The highest BCUT2D eigenvalue weighted by Crippen LogP contribution is 2.10. The molecule has 0 unspecified atom stereocenters. The van der Waals surface area contributed by atoms with E-state index >= 15 is 0 Å². The summed E-state index contributed by atoms with van der Waals surface area (Å²) in [4.78, 5) is 0. The molecule has 0 spiro atoms. The van der Waals surface area contributed by atoms with Crippen molar-refractivity contribution < 1.29 is 10.2 Å². The van der Waals surface area contributed by atoms with Crippen LogP contribution in [0.1, 0.15) is 70.6 Å². The lowest BCUT2D eigenvalue weighted by Gasteiger charge is -2.04. The molecule has 0 atom stereocenters. The number of unbranched alkanes of at least 4 members (excludes halogenated alkanes) is 9. The van der Waals surface area contributed by atoms with E-state index in [2.05, 4.69) is 5.32 Å². The zero-order valence-electron chi connectivity index (χ0n) is 12.0. The van der Waals surface area contributed by atoms with Crippen molar-refractivity contribution in [3.63, 3.8) is 0 Å². The van der Waals surface area contributed by atoms with Gasteiger partial charge in [-0.05, 0) is 32.4 Å². The Kier molecular flexibility index (Phi) is 16.8. The van der Waals surface area contributed by atoms with Gasteiger partial charge in [0.25, 0.3) is 0 Å². The monoisotopic (exact) mass is 259 g/mol.